The fourth-order valence-electron chi connectivity index (χ4n) is 1.81. The second kappa shape index (κ2) is 3.26. The Hall–Kier alpha value is -1.98. The molecule has 1 saturated carbocycles. The summed E-state index contributed by atoms with van der Waals surface area (Å²) >= 11 is 0. The third kappa shape index (κ3) is 1.56. The second-order valence-corrected chi connectivity index (χ2v) is 4.65. The Bertz CT molecular complexity index is 573. The Balaban J connectivity index is 2.09. The van der Waals surface area contributed by atoms with E-state index in [0.29, 0.717) is 5.82 Å². The number of tetrazole rings is 1. The smallest absolute Gasteiger partial charge is 0.182 e. The molecule has 0 saturated heterocycles. The van der Waals surface area contributed by atoms with Crippen LogP contribution in [0.25, 0.3) is 11.4 Å². The van der Waals surface area contributed by atoms with Gasteiger partial charge in [-0.05, 0) is 48.4 Å². The molecule has 0 radical (unpaired) electrons. The highest BCUT2D eigenvalue weighted by atomic mass is 19.1. The number of nitrogen functional groups attached to an aromatic ring is 1. The molecule has 88 valence electrons. The average molecular weight is 233 g/mol. The lowest BCUT2D eigenvalue weighted by Crippen LogP contribution is -2.15. The molecule has 0 spiro atoms. The Morgan fingerprint density at radius 1 is 1.41 bits per heavy atom. The van der Waals surface area contributed by atoms with Gasteiger partial charge >= 0.3 is 0 Å². The van der Waals surface area contributed by atoms with Crippen LogP contribution in [0.2, 0.25) is 0 Å². The summed E-state index contributed by atoms with van der Waals surface area (Å²) in [5.41, 5.74) is 6.40. The Labute approximate surface area is 97.4 Å². The quantitative estimate of drug-likeness (QED) is 0.799. The summed E-state index contributed by atoms with van der Waals surface area (Å²) in [7, 11) is 0. The lowest BCUT2D eigenvalue weighted by molar-refractivity contribution is 0.463. The first-order chi connectivity index (χ1) is 8.10. The van der Waals surface area contributed by atoms with Crippen LogP contribution in [0.5, 0.6) is 0 Å². The van der Waals surface area contributed by atoms with Crippen LogP contribution in [-0.4, -0.2) is 20.2 Å². The number of halogens is 1. The average Bonchev–Trinajstić information content (AvgIpc) is 2.87. The van der Waals surface area contributed by atoms with Crippen molar-refractivity contribution in [2.45, 2.75) is 25.3 Å². The number of hydrogen-bond donors (Lipinski definition) is 1. The van der Waals surface area contributed by atoms with Crippen molar-refractivity contribution >= 4 is 5.69 Å². The molecule has 0 aliphatic heterocycles. The van der Waals surface area contributed by atoms with Crippen molar-refractivity contribution in [1.29, 1.82) is 0 Å². The molecular formula is C11H12FN5. The van der Waals surface area contributed by atoms with Crippen LogP contribution in [0.15, 0.2) is 18.2 Å². The molecular weight excluding hydrogens is 221 g/mol. The molecule has 6 heteroatoms. The first-order valence-corrected chi connectivity index (χ1v) is 5.44. The van der Waals surface area contributed by atoms with Crippen LogP contribution in [0.3, 0.4) is 0 Å². The summed E-state index contributed by atoms with van der Waals surface area (Å²) in [5.74, 6) is 0.210. The van der Waals surface area contributed by atoms with Crippen molar-refractivity contribution in [2.24, 2.45) is 0 Å². The van der Waals surface area contributed by atoms with E-state index in [2.05, 4.69) is 22.4 Å². The Morgan fingerprint density at radius 2 is 2.18 bits per heavy atom. The van der Waals surface area contributed by atoms with Gasteiger partial charge in [0.05, 0.1) is 11.2 Å². The molecule has 0 atom stereocenters. The van der Waals surface area contributed by atoms with E-state index < -0.39 is 5.82 Å². The van der Waals surface area contributed by atoms with Crippen LogP contribution >= 0.6 is 0 Å². The van der Waals surface area contributed by atoms with E-state index in [9.17, 15) is 4.39 Å². The fourth-order valence-corrected chi connectivity index (χ4v) is 1.81. The molecule has 1 aromatic carbocycles. The molecule has 1 aliphatic rings. The molecule has 3 rings (SSSR count). The van der Waals surface area contributed by atoms with Gasteiger partial charge in [0.25, 0.3) is 0 Å². The normalized spacial score (nSPS) is 17.1. The van der Waals surface area contributed by atoms with Gasteiger partial charge < -0.3 is 5.73 Å². The van der Waals surface area contributed by atoms with Gasteiger partial charge in [0.2, 0.25) is 0 Å². The van der Waals surface area contributed by atoms with Crippen LogP contribution in [0.1, 0.15) is 19.8 Å². The van der Waals surface area contributed by atoms with Gasteiger partial charge in [-0.25, -0.2) is 9.07 Å². The summed E-state index contributed by atoms with van der Waals surface area (Å²) in [6, 6.07) is 4.53. The van der Waals surface area contributed by atoms with Gasteiger partial charge in [-0.15, -0.1) is 5.10 Å². The maximum atomic E-state index is 13.1. The van der Waals surface area contributed by atoms with Gasteiger partial charge in [-0.3, -0.25) is 0 Å². The van der Waals surface area contributed by atoms with Crippen molar-refractivity contribution in [1.82, 2.24) is 20.2 Å². The first-order valence-electron chi connectivity index (χ1n) is 5.44. The minimum atomic E-state index is -0.426. The van der Waals surface area contributed by atoms with Crippen LogP contribution in [0.4, 0.5) is 10.1 Å². The number of aromatic nitrogens is 4. The molecule has 1 aliphatic carbocycles. The number of benzene rings is 1. The highest BCUT2D eigenvalue weighted by molar-refractivity contribution is 5.61. The van der Waals surface area contributed by atoms with Gasteiger partial charge in [-0.2, -0.15) is 0 Å². The van der Waals surface area contributed by atoms with Crippen LogP contribution in [-0.2, 0) is 5.54 Å². The zero-order valence-corrected chi connectivity index (χ0v) is 9.39. The first kappa shape index (κ1) is 10.2. The summed E-state index contributed by atoms with van der Waals surface area (Å²) in [6.45, 7) is 2.10. The van der Waals surface area contributed by atoms with E-state index in [1.807, 2.05) is 0 Å². The molecule has 0 amide bonds. The summed E-state index contributed by atoms with van der Waals surface area (Å²) in [4.78, 5) is 0. The van der Waals surface area contributed by atoms with Gasteiger partial charge in [0, 0.05) is 5.56 Å². The lowest BCUT2D eigenvalue weighted by Gasteiger charge is -2.11. The maximum absolute atomic E-state index is 13.1. The van der Waals surface area contributed by atoms with E-state index in [4.69, 9.17) is 5.73 Å². The number of nitrogens with zero attached hydrogens (tertiary/aromatic N) is 4. The van der Waals surface area contributed by atoms with Crippen LogP contribution in [0, 0.1) is 5.82 Å². The fraction of sp³-hybridized carbons (Fsp3) is 0.364. The van der Waals surface area contributed by atoms with Gasteiger partial charge in [0.15, 0.2) is 5.82 Å². The predicted octanol–water partition coefficient (Wildman–Crippen LogP) is 1.57. The minimum Gasteiger partial charge on any atom is -0.396 e. The molecule has 2 aromatic rings. The van der Waals surface area contributed by atoms with E-state index in [0.717, 1.165) is 18.4 Å². The van der Waals surface area contributed by atoms with Crippen LogP contribution < -0.4 is 5.73 Å². The van der Waals surface area contributed by atoms with Gasteiger partial charge in [-0.1, -0.05) is 0 Å². The Morgan fingerprint density at radius 3 is 2.82 bits per heavy atom. The molecule has 1 aromatic heterocycles. The highest BCUT2D eigenvalue weighted by Crippen LogP contribution is 2.43. The molecule has 0 bridgehead atoms. The molecule has 2 N–H and O–H groups in total. The largest absolute Gasteiger partial charge is 0.396 e. The third-order valence-electron chi connectivity index (χ3n) is 3.21. The van der Waals surface area contributed by atoms with E-state index in [-0.39, 0.29) is 11.2 Å². The minimum absolute atomic E-state index is 0.00197. The van der Waals surface area contributed by atoms with E-state index in [1.54, 1.807) is 16.8 Å². The maximum Gasteiger partial charge on any atom is 0.182 e. The van der Waals surface area contributed by atoms with Crippen molar-refractivity contribution in [3.63, 3.8) is 0 Å². The lowest BCUT2D eigenvalue weighted by atomic mass is 10.1. The molecule has 1 fully saturated rings. The van der Waals surface area contributed by atoms with E-state index >= 15 is 0 Å². The van der Waals surface area contributed by atoms with E-state index in [1.165, 1.54) is 6.07 Å². The monoisotopic (exact) mass is 233 g/mol. The number of anilines is 1. The predicted molar refractivity (Wildman–Crippen MR) is 60.5 cm³/mol. The van der Waals surface area contributed by atoms with Crippen molar-refractivity contribution in [2.75, 3.05) is 5.73 Å². The summed E-state index contributed by atoms with van der Waals surface area (Å²) in [6.07, 6.45) is 2.11. The SMILES string of the molecule is CC1(n2nnnc2-c2ccc(F)c(N)c2)CC1. The number of nitrogens with two attached hydrogens (primary N) is 1. The second-order valence-electron chi connectivity index (χ2n) is 4.65. The standard InChI is InChI=1S/C11H12FN5/c1-11(4-5-11)17-10(14-15-16-17)7-2-3-8(12)9(13)6-7/h2-3,6H,4-5,13H2,1H3. The molecule has 1 heterocycles. The topological polar surface area (TPSA) is 69.6 Å². The zero-order chi connectivity index (χ0) is 12.0. The highest BCUT2D eigenvalue weighted by Gasteiger charge is 2.42. The van der Waals surface area contributed by atoms with Crippen molar-refractivity contribution in [3.8, 4) is 11.4 Å². The number of rotatable bonds is 2. The molecule has 5 nitrogen and oxygen atoms in total. The molecule has 0 unspecified atom stereocenters. The third-order valence-corrected chi connectivity index (χ3v) is 3.21. The summed E-state index contributed by atoms with van der Waals surface area (Å²) < 4.78 is 14.9. The molecule has 17 heavy (non-hydrogen) atoms. The zero-order valence-electron chi connectivity index (χ0n) is 9.39. The Kier molecular flexibility index (Phi) is 1.95. The van der Waals surface area contributed by atoms with Gasteiger partial charge in [0.1, 0.15) is 5.82 Å². The number of hydrogen-bond acceptors (Lipinski definition) is 4. The van der Waals surface area contributed by atoms with Crippen molar-refractivity contribution < 1.29 is 4.39 Å². The summed E-state index contributed by atoms with van der Waals surface area (Å²) in [5, 5.41) is 11.7. The van der Waals surface area contributed by atoms with Crippen molar-refractivity contribution in [3.05, 3.63) is 24.0 Å².